The Morgan fingerprint density at radius 1 is 0.708 bits per heavy atom. The number of unbranched alkanes of at least 4 members (excludes halogenated alkanes) is 11. The second-order valence-corrected chi connectivity index (χ2v) is 8.65. The SMILES string of the molecule is O=C(O)CCCCCCCCCCCCCCC1(Cl)CCCCC1. The molecule has 0 radical (unpaired) electrons. The normalized spacial score (nSPS) is 17.0. The molecule has 0 atom stereocenters. The molecule has 0 bridgehead atoms. The number of carboxylic acid groups (broad SMARTS) is 1. The molecule has 0 aromatic rings. The predicted molar refractivity (Wildman–Crippen MR) is 104 cm³/mol. The number of halogens is 1. The fourth-order valence-corrected chi connectivity index (χ4v) is 4.32. The van der Waals surface area contributed by atoms with Crippen LogP contribution in [0, 0.1) is 0 Å². The first-order chi connectivity index (χ1) is 11.6. The highest BCUT2D eigenvalue weighted by Crippen LogP contribution is 2.38. The van der Waals surface area contributed by atoms with Crippen molar-refractivity contribution >= 4 is 17.6 Å². The maximum atomic E-state index is 10.4. The molecule has 0 aromatic carbocycles. The van der Waals surface area contributed by atoms with Crippen molar-refractivity contribution in [3.63, 3.8) is 0 Å². The molecule has 1 rings (SSSR count). The Hall–Kier alpha value is -0.240. The van der Waals surface area contributed by atoms with Crippen molar-refractivity contribution in [3.8, 4) is 0 Å². The fraction of sp³-hybridized carbons (Fsp3) is 0.952. The Morgan fingerprint density at radius 2 is 1.12 bits per heavy atom. The Labute approximate surface area is 154 Å². The maximum absolute atomic E-state index is 10.4. The summed E-state index contributed by atoms with van der Waals surface area (Å²) in [7, 11) is 0. The van der Waals surface area contributed by atoms with Gasteiger partial charge < -0.3 is 5.11 Å². The summed E-state index contributed by atoms with van der Waals surface area (Å²) in [6.07, 6.45) is 23.4. The van der Waals surface area contributed by atoms with Crippen LogP contribution in [-0.2, 0) is 4.79 Å². The molecule has 0 saturated heterocycles. The molecule has 0 unspecified atom stereocenters. The third-order valence-electron chi connectivity index (χ3n) is 5.52. The molecule has 1 fully saturated rings. The Morgan fingerprint density at radius 3 is 1.58 bits per heavy atom. The highest BCUT2D eigenvalue weighted by molar-refractivity contribution is 6.23. The van der Waals surface area contributed by atoms with E-state index < -0.39 is 5.97 Å². The number of hydrogen-bond donors (Lipinski definition) is 1. The van der Waals surface area contributed by atoms with Gasteiger partial charge in [-0.3, -0.25) is 4.79 Å². The Bertz CT molecular complexity index is 311. The summed E-state index contributed by atoms with van der Waals surface area (Å²) in [4.78, 5) is 10.5. The van der Waals surface area contributed by atoms with E-state index in [1.165, 1.54) is 103 Å². The van der Waals surface area contributed by atoms with Crippen molar-refractivity contribution < 1.29 is 9.90 Å². The van der Waals surface area contributed by atoms with E-state index in [1.807, 2.05) is 0 Å². The minimum absolute atomic E-state index is 0.155. The van der Waals surface area contributed by atoms with Crippen LogP contribution in [0.4, 0.5) is 0 Å². The second-order valence-electron chi connectivity index (χ2n) is 7.85. The highest BCUT2D eigenvalue weighted by Gasteiger charge is 2.28. The van der Waals surface area contributed by atoms with Gasteiger partial charge in [-0.2, -0.15) is 0 Å². The van der Waals surface area contributed by atoms with Gasteiger partial charge >= 0.3 is 5.97 Å². The van der Waals surface area contributed by atoms with Crippen LogP contribution < -0.4 is 0 Å². The molecule has 1 saturated carbocycles. The van der Waals surface area contributed by atoms with Gasteiger partial charge in [-0.1, -0.05) is 89.9 Å². The third kappa shape index (κ3) is 12.2. The summed E-state index contributed by atoms with van der Waals surface area (Å²) in [5.74, 6) is -0.657. The molecule has 0 heterocycles. The molecule has 142 valence electrons. The number of carbonyl (C=O) groups is 1. The van der Waals surface area contributed by atoms with E-state index >= 15 is 0 Å². The Balaban J connectivity index is 1.75. The van der Waals surface area contributed by atoms with Gasteiger partial charge in [0.25, 0.3) is 0 Å². The minimum Gasteiger partial charge on any atom is -0.481 e. The largest absolute Gasteiger partial charge is 0.481 e. The maximum Gasteiger partial charge on any atom is 0.303 e. The van der Waals surface area contributed by atoms with Gasteiger partial charge in [0.05, 0.1) is 0 Å². The summed E-state index contributed by atoms with van der Waals surface area (Å²) < 4.78 is 0. The van der Waals surface area contributed by atoms with Crippen LogP contribution in [0.15, 0.2) is 0 Å². The lowest BCUT2D eigenvalue weighted by Gasteiger charge is -2.31. The van der Waals surface area contributed by atoms with Crippen molar-refractivity contribution in [2.75, 3.05) is 0 Å². The summed E-state index contributed by atoms with van der Waals surface area (Å²) in [5.41, 5.74) is 0. The van der Waals surface area contributed by atoms with E-state index in [0.717, 1.165) is 12.8 Å². The highest BCUT2D eigenvalue weighted by atomic mass is 35.5. The minimum atomic E-state index is -0.657. The lowest BCUT2D eigenvalue weighted by atomic mass is 9.84. The van der Waals surface area contributed by atoms with E-state index in [2.05, 4.69) is 0 Å². The van der Waals surface area contributed by atoms with Crippen LogP contribution in [0.2, 0.25) is 0 Å². The number of alkyl halides is 1. The third-order valence-corrected chi connectivity index (χ3v) is 6.08. The summed E-state index contributed by atoms with van der Waals surface area (Å²) >= 11 is 6.70. The van der Waals surface area contributed by atoms with E-state index in [1.54, 1.807) is 0 Å². The zero-order valence-electron chi connectivity index (χ0n) is 15.7. The molecule has 3 heteroatoms. The zero-order chi connectivity index (χ0) is 17.5. The number of hydrogen-bond acceptors (Lipinski definition) is 1. The van der Waals surface area contributed by atoms with Crippen LogP contribution in [-0.4, -0.2) is 16.0 Å². The van der Waals surface area contributed by atoms with Crippen molar-refractivity contribution in [2.24, 2.45) is 0 Å². The number of aliphatic carboxylic acids is 1. The first kappa shape index (κ1) is 21.8. The molecule has 1 aliphatic rings. The van der Waals surface area contributed by atoms with Crippen LogP contribution in [0.25, 0.3) is 0 Å². The molecule has 1 aliphatic carbocycles. The Kier molecular flexibility index (Phi) is 12.7. The molecule has 2 nitrogen and oxygen atoms in total. The van der Waals surface area contributed by atoms with Gasteiger partial charge in [0.2, 0.25) is 0 Å². The van der Waals surface area contributed by atoms with Crippen LogP contribution >= 0.6 is 11.6 Å². The van der Waals surface area contributed by atoms with E-state index in [-0.39, 0.29) is 4.87 Å². The first-order valence-electron chi connectivity index (χ1n) is 10.5. The lowest BCUT2D eigenvalue weighted by molar-refractivity contribution is -0.137. The van der Waals surface area contributed by atoms with Gasteiger partial charge in [-0.15, -0.1) is 11.6 Å². The molecule has 0 amide bonds. The molecule has 0 aliphatic heterocycles. The molecule has 0 spiro atoms. The first-order valence-corrected chi connectivity index (χ1v) is 10.9. The van der Waals surface area contributed by atoms with Gasteiger partial charge in [0, 0.05) is 11.3 Å². The fourth-order valence-electron chi connectivity index (χ4n) is 3.92. The van der Waals surface area contributed by atoms with Gasteiger partial charge in [-0.05, 0) is 25.7 Å². The number of rotatable bonds is 15. The standard InChI is InChI=1S/C21H39ClO2/c22-21(18-14-11-15-19-21)17-13-10-8-6-4-2-1-3-5-7-9-12-16-20(23)24/h1-19H2,(H,23,24). The van der Waals surface area contributed by atoms with Crippen LogP contribution in [0.1, 0.15) is 122 Å². The quantitative estimate of drug-likeness (QED) is 0.243. The van der Waals surface area contributed by atoms with Gasteiger partial charge in [0.1, 0.15) is 0 Å². The van der Waals surface area contributed by atoms with Crippen molar-refractivity contribution in [2.45, 2.75) is 127 Å². The monoisotopic (exact) mass is 358 g/mol. The zero-order valence-corrected chi connectivity index (χ0v) is 16.4. The molecule has 0 aromatic heterocycles. The van der Waals surface area contributed by atoms with Gasteiger partial charge in [0.15, 0.2) is 0 Å². The molecular formula is C21H39ClO2. The smallest absolute Gasteiger partial charge is 0.303 e. The molecule has 24 heavy (non-hydrogen) atoms. The lowest BCUT2D eigenvalue weighted by Crippen LogP contribution is -2.24. The van der Waals surface area contributed by atoms with Crippen molar-refractivity contribution in [1.82, 2.24) is 0 Å². The van der Waals surface area contributed by atoms with Crippen molar-refractivity contribution in [3.05, 3.63) is 0 Å². The summed E-state index contributed by atoms with van der Waals surface area (Å²) in [6, 6.07) is 0. The molecule has 1 N–H and O–H groups in total. The van der Waals surface area contributed by atoms with E-state index in [0.29, 0.717) is 6.42 Å². The van der Waals surface area contributed by atoms with Crippen LogP contribution in [0.3, 0.4) is 0 Å². The molecular weight excluding hydrogens is 320 g/mol. The van der Waals surface area contributed by atoms with Crippen molar-refractivity contribution in [1.29, 1.82) is 0 Å². The summed E-state index contributed by atoms with van der Waals surface area (Å²) in [5, 5.41) is 8.56. The predicted octanol–water partition coefficient (Wildman–Crippen LogP) is 7.47. The number of carboxylic acids is 1. The summed E-state index contributed by atoms with van der Waals surface area (Å²) in [6.45, 7) is 0. The van der Waals surface area contributed by atoms with E-state index in [9.17, 15) is 4.79 Å². The van der Waals surface area contributed by atoms with Crippen LogP contribution in [0.5, 0.6) is 0 Å². The average molecular weight is 359 g/mol. The van der Waals surface area contributed by atoms with Gasteiger partial charge in [-0.25, -0.2) is 0 Å². The second kappa shape index (κ2) is 14.0. The topological polar surface area (TPSA) is 37.3 Å². The van der Waals surface area contributed by atoms with E-state index in [4.69, 9.17) is 16.7 Å². The average Bonchev–Trinajstić information content (AvgIpc) is 2.55.